The average Bonchev–Trinajstić information content (AvgIpc) is 3.67. The monoisotopic (exact) mass is 648 g/mol. The second kappa shape index (κ2) is 10.5. The standard InChI is InChI=1S/C50H32O/c1-2-17-34(18-3-1)49(41-25-8-4-20-37(41)38-21-5-9-26-42(38)49)35-19-14-16-33(32-35)36-24-15-31-47-48(36)50(45-29-12-13-30-46(45)51-47)43-27-10-6-22-39(43)40-23-7-11-28-44(40)50/h1-32H. The lowest BCUT2D eigenvalue weighted by Crippen LogP contribution is -2.33. The van der Waals surface area contributed by atoms with Gasteiger partial charge in [0.1, 0.15) is 11.5 Å². The van der Waals surface area contributed by atoms with Crippen molar-refractivity contribution in [2.75, 3.05) is 0 Å². The fraction of sp³-hybridized carbons (Fsp3) is 0.0400. The first-order valence-corrected chi connectivity index (χ1v) is 17.8. The van der Waals surface area contributed by atoms with Crippen LogP contribution in [0.3, 0.4) is 0 Å². The number of hydrogen-bond donors (Lipinski definition) is 0. The molecule has 1 aliphatic heterocycles. The van der Waals surface area contributed by atoms with E-state index in [4.69, 9.17) is 4.74 Å². The second-order valence-electron chi connectivity index (χ2n) is 13.9. The van der Waals surface area contributed by atoms with Gasteiger partial charge in [0, 0.05) is 11.1 Å². The summed E-state index contributed by atoms with van der Waals surface area (Å²) >= 11 is 0. The van der Waals surface area contributed by atoms with E-state index in [0.717, 1.165) is 11.5 Å². The topological polar surface area (TPSA) is 9.23 Å². The van der Waals surface area contributed by atoms with Gasteiger partial charge in [-0.3, -0.25) is 0 Å². The minimum absolute atomic E-state index is 0.480. The number of ether oxygens (including phenoxy) is 1. The van der Waals surface area contributed by atoms with Crippen LogP contribution in [0.4, 0.5) is 0 Å². The predicted molar refractivity (Wildman–Crippen MR) is 207 cm³/mol. The Bertz CT molecular complexity index is 2590. The molecule has 1 heterocycles. The van der Waals surface area contributed by atoms with E-state index in [2.05, 4.69) is 194 Å². The van der Waals surface area contributed by atoms with E-state index in [9.17, 15) is 0 Å². The third-order valence-electron chi connectivity index (χ3n) is 11.6. The summed E-state index contributed by atoms with van der Waals surface area (Å²) in [5.41, 5.74) is 16.6. The summed E-state index contributed by atoms with van der Waals surface area (Å²) in [5.74, 6) is 1.81. The molecular weight excluding hydrogens is 617 g/mol. The quantitative estimate of drug-likeness (QED) is 0.185. The Labute approximate surface area is 298 Å². The third kappa shape index (κ3) is 3.60. The van der Waals surface area contributed by atoms with Crippen molar-refractivity contribution in [2.45, 2.75) is 10.8 Å². The van der Waals surface area contributed by atoms with Crippen LogP contribution in [0.1, 0.15) is 44.5 Å². The molecule has 0 saturated carbocycles. The Balaban J connectivity index is 1.23. The number of fused-ring (bicyclic) bond motifs is 12. The molecule has 0 unspecified atom stereocenters. The Morgan fingerprint density at radius 2 is 0.725 bits per heavy atom. The van der Waals surface area contributed by atoms with E-state index in [1.54, 1.807) is 0 Å². The first kappa shape index (κ1) is 28.4. The van der Waals surface area contributed by atoms with Crippen molar-refractivity contribution < 1.29 is 4.74 Å². The van der Waals surface area contributed by atoms with Crippen LogP contribution in [0.15, 0.2) is 194 Å². The highest BCUT2D eigenvalue weighted by atomic mass is 16.5. The van der Waals surface area contributed by atoms with Gasteiger partial charge in [-0.25, -0.2) is 0 Å². The summed E-state index contributed by atoms with van der Waals surface area (Å²) in [6, 6.07) is 71.4. The van der Waals surface area contributed by atoms with Gasteiger partial charge in [-0.1, -0.05) is 176 Å². The highest BCUT2D eigenvalue weighted by Gasteiger charge is 2.52. The zero-order valence-corrected chi connectivity index (χ0v) is 27.9. The van der Waals surface area contributed by atoms with Gasteiger partial charge in [-0.15, -0.1) is 0 Å². The normalized spacial score (nSPS) is 14.7. The molecule has 0 aromatic heterocycles. The minimum atomic E-state index is -0.548. The zero-order valence-electron chi connectivity index (χ0n) is 27.9. The summed E-state index contributed by atoms with van der Waals surface area (Å²) in [6.45, 7) is 0. The van der Waals surface area contributed by atoms with E-state index < -0.39 is 10.8 Å². The molecule has 238 valence electrons. The molecule has 8 aromatic carbocycles. The highest BCUT2D eigenvalue weighted by Crippen LogP contribution is 2.64. The van der Waals surface area contributed by atoms with Gasteiger partial charge in [0.05, 0.1) is 10.8 Å². The lowest BCUT2D eigenvalue weighted by Gasteiger charge is -2.41. The Hall–Kier alpha value is -6.44. The molecule has 0 radical (unpaired) electrons. The Morgan fingerprint density at radius 1 is 0.294 bits per heavy atom. The minimum Gasteiger partial charge on any atom is -0.457 e. The van der Waals surface area contributed by atoms with E-state index in [1.165, 1.54) is 77.9 Å². The van der Waals surface area contributed by atoms with Crippen LogP contribution in [0.25, 0.3) is 33.4 Å². The largest absolute Gasteiger partial charge is 0.457 e. The van der Waals surface area contributed by atoms with Gasteiger partial charge in [-0.2, -0.15) is 0 Å². The Morgan fingerprint density at radius 3 is 1.33 bits per heavy atom. The molecule has 8 aromatic rings. The first-order chi connectivity index (χ1) is 25.3. The number of hydrogen-bond acceptors (Lipinski definition) is 1. The SMILES string of the molecule is c1ccc(C2(c3cccc(-c4cccc5c4C4(c6ccccc6O5)c5ccccc5-c5ccccc54)c3)c3ccccc3-c3ccccc32)cc1. The lowest BCUT2D eigenvalue weighted by molar-refractivity contribution is 0.437. The first-order valence-electron chi connectivity index (χ1n) is 17.8. The maximum atomic E-state index is 6.87. The molecule has 0 amide bonds. The van der Waals surface area contributed by atoms with E-state index in [1.807, 2.05) is 0 Å². The molecule has 0 N–H and O–H groups in total. The van der Waals surface area contributed by atoms with Crippen molar-refractivity contribution in [1.29, 1.82) is 0 Å². The molecule has 3 aliphatic rings. The van der Waals surface area contributed by atoms with Crippen LogP contribution in [-0.2, 0) is 10.8 Å². The highest BCUT2D eigenvalue weighted by molar-refractivity contribution is 5.92. The summed E-state index contributed by atoms with van der Waals surface area (Å²) in [5, 5.41) is 0. The maximum Gasteiger partial charge on any atom is 0.132 e. The van der Waals surface area contributed by atoms with Crippen LogP contribution in [0, 0.1) is 0 Å². The van der Waals surface area contributed by atoms with Crippen LogP contribution in [-0.4, -0.2) is 0 Å². The van der Waals surface area contributed by atoms with Gasteiger partial charge in [-0.05, 0) is 85.0 Å². The molecule has 1 heteroatoms. The summed E-state index contributed by atoms with van der Waals surface area (Å²) in [7, 11) is 0. The van der Waals surface area contributed by atoms with Crippen molar-refractivity contribution in [3.05, 3.63) is 239 Å². The summed E-state index contributed by atoms with van der Waals surface area (Å²) in [6.07, 6.45) is 0. The summed E-state index contributed by atoms with van der Waals surface area (Å²) < 4.78 is 6.87. The predicted octanol–water partition coefficient (Wildman–Crippen LogP) is 12.2. The molecule has 0 bridgehead atoms. The van der Waals surface area contributed by atoms with Gasteiger partial charge in [0.2, 0.25) is 0 Å². The van der Waals surface area contributed by atoms with Gasteiger partial charge < -0.3 is 4.74 Å². The number of rotatable bonds is 3. The molecule has 1 spiro atoms. The van der Waals surface area contributed by atoms with Crippen LogP contribution < -0.4 is 4.74 Å². The van der Waals surface area contributed by atoms with E-state index >= 15 is 0 Å². The van der Waals surface area contributed by atoms with Crippen molar-refractivity contribution in [1.82, 2.24) is 0 Å². The van der Waals surface area contributed by atoms with Crippen LogP contribution >= 0.6 is 0 Å². The van der Waals surface area contributed by atoms with Crippen molar-refractivity contribution in [2.24, 2.45) is 0 Å². The van der Waals surface area contributed by atoms with Crippen molar-refractivity contribution in [3.8, 4) is 44.9 Å². The third-order valence-corrected chi connectivity index (χ3v) is 11.6. The van der Waals surface area contributed by atoms with E-state index in [-0.39, 0.29) is 0 Å². The Kier molecular flexibility index (Phi) is 5.86. The van der Waals surface area contributed by atoms with E-state index in [0.29, 0.717) is 0 Å². The molecule has 0 fully saturated rings. The molecule has 51 heavy (non-hydrogen) atoms. The van der Waals surface area contributed by atoms with Crippen molar-refractivity contribution >= 4 is 0 Å². The van der Waals surface area contributed by atoms with Crippen LogP contribution in [0.5, 0.6) is 11.5 Å². The molecule has 0 saturated heterocycles. The zero-order chi connectivity index (χ0) is 33.6. The number of para-hydroxylation sites is 1. The molecular formula is C50H32O. The molecule has 11 rings (SSSR count). The smallest absolute Gasteiger partial charge is 0.132 e. The fourth-order valence-electron chi connectivity index (χ4n) is 9.79. The maximum absolute atomic E-state index is 6.87. The fourth-order valence-corrected chi connectivity index (χ4v) is 9.79. The lowest BCUT2D eigenvalue weighted by atomic mass is 9.64. The van der Waals surface area contributed by atoms with Crippen LogP contribution in [0.2, 0.25) is 0 Å². The second-order valence-corrected chi connectivity index (χ2v) is 13.9. The van der Waals surface area contributed by atoms with Gasteiger partial charge in [0.15, 0.2) is 0 Å². The molecule has 1 nitrogen and oxygen atoms in total. The van der Waals surface area contributed by atoms with Crippen molar-refractivity contribution in [3.63, 3.8) is 0 Å². The van der Waals surface area contributed by atoms with Gasteiger partial charge in [0.25, 0.3) is 0 Å². The number of benzene rings is 8. The summed E-state index contributed by atoms with van der Waals surface area (Å²) in [4.78, 5) is 0. The van der Waals surface area contributed by atoms with Gasteiger partial charge >= 0.3 is 0 Å². The average molecular weight is 649 g/mol. The molecule has 0 atom stereocenters. The molecule has 2 aliphatic carbocycles.